The second-order valence-electron chi connectivity index (χ2n) is 2.01. The number of aromatic nitrogens is 2. The van der Waals surface area contributed by atoms with E-state index in [1.165, 1.54) is 12.4 Å². The van der Waals surface area contributed by atoms with Crippen LogP contribution in [0.25, 0.3) is 0 Å². The van der Waals surface area contributed by atoms with E-state index in [1.54, 1.807) is 0 Å². The standard InChI is InChI=1S/C9H4N2O2/c1-2-8-6-10-9(13)11(7-8)4-3-5-12/h1,5-7H. The highest BCUT2D eigenvalue weighted by Crippen LogP contribution is 1.87. The lowest BCUT2D eigenvalue weighted by Gasteiger charge is -1.92. The van der Waals surface area contributed by atoms with Gasteiger partial charge >= 0.3 is 5.69 Å². The van der Waals surface area contributed by atoms with Crippen LogP contribution in [-0.2, 0) is 4.79 Å². The van der Waals surface area contributed by atoms with Crippen LogP contribution >= 0.6 is 0 Å². The summed E-state index contributed by atoms with van der Waals surface area (Å²) in [6.07, 6.45) is 8.06. The fourth-order valence-corrected chi connectivity index (χ4v) is 0.665. The van der Waals surface area contributed by atoms with Gasteiger partial charge in [-0.1, -0.05) is 5.92 Å². The van der Waals surface area contributed by atoms with Crippen LogP contribution < -0.4 is 5.69 Å². The number of carbonyl (C=O) groups excluding carboxylic acids is 1. The van der Waals surface area contributed by atoms with Crippen molar-refractivity contribution in [3.8, 4) is 24.3 Å². The first kappa shape index (κ1) is 8.76. The molecule has 0 aliphatic carbocycles. The molecule has 0 saturated heterocycles. The van der Waals surface area contributed by atoms with Crippen molar-refractivity contribution in [1.29, 1.82) is 0 Å². The van der Waals surface area contributed by atoms with Gasteiger partial charge in [0.1, 0.15) is 0 Å². The van der Waals surface area contributed by atoms with Gasteiger partial charge in [0.15, 0.2) is 6.29 Å². The van der Waals surface area contributed by atoms with Crippen molar-refractivity contribution in [2.45, 2.75) is 0 Å². The Hall–Kier alpha value is -2.33. The molecule has 0 saturated carbocycles. The Kier molecular flexibility index (Phi) is 2.62. The molecule has 1 heterocycles. The molecular weight excluding hydrogens is 168 g/mol. The molecule has 62 valence electrons. The van der Waals surface area contributed by atoms with E-state index < -0.39 is 5.69 Å². The number of aldehydes is 1. The highest BCUT2D eigenvalue weighted by atomic mass is 16.1. The molecule has 0 fully saturated rings. The van der Waals surface area contributed by atoms with Crippen molar-refractivity contribution in [2.75, 3.05) is 0 Å². The summed E-state index contributed by atoms with van der Waals surface area (Å²) >= 11 is 0. The third kappa shape index (κ3) is 2.05. The third-order valence-electron chi connectivity index (χ3n) is 1.20. The van der Waals surface area contributed by atoms with Gasteiger partial charge in [0.05, 0.1) is 5.56 Å². The Morgan fingerprint density at radius 3 is 3.00 bits per heavy atom. The molecule has 0 aliphatic rings. The van der Waals surface area contributed by atoms with Gasteiger partial charge in [0, 0.05) is 18.4 Å². The van der Waals surface area contributed by atoms with Crippen LogP contribution in [0.1, 0.15) is 5.56 Å². The molecular formula is C9H4N2O2. The van der Waals surface area contributed by atoms with Crippen molar-refractivity contribution in [1.82, 2.24) is 9.55 Å². The van der Waals surface area contributed by atoms with Crippen molar-refractivity contribution >= 4 is 6.29 Å². The minimum atomic E-state index is -0.562. The molecule has 0 aromatic carbocycles. The molecule has 1 aromatic rings. The quantitative estimate of drug-likeness (QED) is 0.381. The average Bonchev–Trinajstić information content (AvgIpc) is 2.17. The van der Waals surface area contributed by atoms with Crippen molar-refractivity contribution in [3.05, 3.63) is 28.4 Å². The van der Waals surface area contributed by atoms with E-state index in [-0.39, 0.29) is 0 Å². The largest absolute Gasteiger partial charge is 0.359 e. The fraction of sp³-hybridized carbons (Fsp3) is 0. The summed E-state index contributed by atoms with van der Waals surface area (Å²) in [4.78, 5) is 24.3. The molecule has 4 heteroatoms. The minimum Gasteiger partial charge on any atom is -0.289 e. The normalized spacial score (nSPS) is 7.92. The van der Waals surface area contributed by atoms with Gasteiger partial charge in [0.2, 0.25) is 0 Å². The number of nitrogens with zero attached hydrogens (tertiary/aromatic N) is 2. The van der Waals surface area contributed by atoms with Gasteiger partial charge < -0.3 is 0 Å². The molecule has 0 atom stereocenters. The van der Waals surface area contributed by atoms with E-state index in [0.29, 0.717) is 11.8 Å². The first-order valence-corrected chi connectivity index (χ1v) is 3.28. The molecule has 0 unspecified atom stereocenters. The Balaban J connectivity index is 3.29. The Morgan fingerprint density at radius 2 is 2.38 bits per heavy atom. The zero-order valence-corrected chi connectivity index (χ0v) is 6.52. The maximum Gasteiger partial charge on any atom is 0.359 e. The predicted octanol–water partition coefficient (Wildman–Crippen LogP) is -0.768. The number of rotatable bonds is 0. The van der Waals surface area contributed by atoms with E-state index in [1.807, 2.05) is 0 Å². The summed E-state index contributed by atoms with van der Waals surface area (Å²) in [6.45, 7) is 0. The van der Waals surface area contributed by atoms with Crippen LogP contribution in [0, 0.1) is 24.3 Å². The number of hydrogen-bond donors (Lipinski definition) is 0. The lowest BCUT2D eigenvalue weighted by atomic mass is 10.4. The molecule has 1 rings (SSSR count). The molecule has 0 bridgehead atoms. The molecule has 0 aliphatic heterocycles. The molecule has 0 spiro atoms. The maximum absolute atomic E-state index is 11.0. The zero-order valence-electron chi connectivity index (χ0n) is 6.52. The molecule has 4 nitrogen and oxygen atoms in total. The van der Waals surface area contributed by atoms with Gasteiger partial charge in [-0.2, -0.15) is 4.98 Å². The monoisotopic (exact) mass is 172 g/mol. The smallest absolute Gasteiger partial charge is 0.289 e. The van der Waals surface area contributed by atoms with Gasteiger partial charge in [-0.15, -0.1) is 6.42 Å². The van der Waals surface area contributed by atoms with E-state index in [2.05, 4.69) is 22.9 Å². The van der Waals surface area contributed by atoms with Crippen molar-refractivity contribution in [3.63, 3.8) is 0 Å². The second kappa shape index (κ2) is 3.89. The van der Waals surface area contributed by atoms with Crippen molar-refractivity contribution in [2.24, 2.45) is 0 Å². The van der Waals surface area contributed by atoms with Gasteiger partial charge in [0.25, 0.3) is 0 Å². The SMILES string of the molecule is C#Cc1cnc(=O)n(C#CC=O)c1. The van der Waals surface area contributed by atoms with E-state index >= 15 is 0 Å². The lowest BCUT2D eigenvalue weighted by molar-refractivity contribution is -0.103. The predicted molar refractivity (Wildman–Crippen MR) is 45.7 cm³/mol. The third-order valence-corrected chi connectivity index (χ3v) is 1.20. The zero-order chi connectivity index (χ0) is 9.68. The summed E-state index contributed by atoms with van der Waals surface area (Å²) < 4.78 is 0.962. The van der Waals surface area contributed by atoms with Crippen molar-refractivity contribution < 1.29 is 4.79 Å². The summed E-state index contributed by atoms with van der Waals surface area (Å²) in [5, 5.41) is 0. The molecule has 0 amide bonds. The van der Waals surface area contributed by atoms with Crippen LogP contribution in [0.3, 0.4) is 0 Å². The summed E-state index contributed by atoms with van der Waals surface area (Å²) in [6, 6.07) is 2.27. The van der Waals surface area contributed by atoms with Crippen LogP contribution in [-0.4, -0.2) is 15.8 Å². The summed E-state index contributed by atoms with van der Waals surface area (Å²) in [7, 11) is 0. The Morgan fingerprint density at radius 1 is 1.62 bits per heavy atom. The first-order valence-electron chi connectivity index (χ1n) is 3.28. The maximum atomic E-state index is 11.0. The summed E-state index contributed by atoms with van der Waals surface area (Å²) in [5.74, 6) is 4.37. The minimum absolute atomic E-state index is 0.384. The molecule has 1 aromatic heterocycles. The Labute approximate surface area is 74.2 Å². The number of terminal acetylenes is 1. The highest BCUT2D eigenvalue weighted by molar-refractivity contribution is 5.72. The van der Waals surface area contributed by atoms with Crippen LogP contribution in [0.4, 0.5) is 0 Å². The van der Waals surface area contributed by atoms with Gasteiger partial charge in [-0.25, -0.2) is 9.36 Å². The number of carbonyl (C=O) groups is 1. The van der Waals surface area contributed by atoms with Crippen LogP contribution in [0.2, 0.25) is 0 Å². The molecule has 0 radical (unpaired) electrons. The van der Waals surface area contributed by atoms with Gasteiger partial charge in [-0.3, -0.25) is 4.79 Å². The fourth-order valence-electron chi connectivity index (χ4n) is 0.665. The number of hydrogen-bond acceptors (Lipinski definition) is 3. The average molecular weight is 172 g/mol. The molecule has 0 N–H and O–H groups in total. The van der Waals surface area contributed by atoms with Gasteiger partial charge in [-0.05, 0) is 5.92 Å². The first-order chi connectivity index (χ1) is 6.27. The van der Waals surface area contributed by atoms with E-state index in [0.717, 1.165) is 4.57 Å². The highest BCUT2D eigenvalue weighted by Gasteiger charge is 1.93. The lowest BCUT2D eigenvalue weighted by Crippen LogP contribution is -2.19. The Bertz CT molecular complexity index is 483. The van der Waals surface area contributed by atoms with Crippen LogP contribution in [0.5, 0.6) is 0 Å². The van der Waals surface area contributed by atoms with E-state index in [9.17, 15) is 9.59 Å². The van der Waals surface area contributed by atoms with E-state index in [4.69, 9.17) is 6.42 Å². The molecule has 13 heavy (non-hydrogen) atoms. The van der Waals surface area contributed by atoms with Crippen LogP contribution in [0.15, 0.2) is 17.2 Å². The topological polar surface area (TPSA) is 52.0 Å². The second-order valence-corrected chi connectivity index (χ2v) is 2.01. The summed E-state index contributed by atoms with van der Waals surface area (Å²) in [5.41, 5.74) is -0.131.